The van der Waals surface area contributed by atoms with Crippen molar-refractivity contribution in [1.29, 1.82) is 0 Å². The van der Waals surface area contributed by atoms with Gasteiger partial charge in [0.05, 0.1) is 24.2 Å². The molecular weight excluding hydrogens is 614 g/mol. The number of piperidine rings is 1. The average Bonchev–Trinajstić information content (AvgIpc) is 3.53. The number of rotatable bonds is 10. The molecule has 2 aliphatic heterocycles. The SMILES string of the molecule is CC(C)N(C(=O)c1cc(F)ccc1Oc1cncnc1N1CC[C@@H](CN2CCC3(CCC(Nc4ncc(F)cn4)CC3)CC2)C1)C(C)C. The predicted octanol–water partition coefficient (Wildman–Crippen LogP) is 6.56. The molecule has 12 heteroatoms. The summed E-state index contributed by atoms with van der Waals surface area (Å²) in [6.07, 6.45) is 13.6. The quantitative estimate of drug-likeness (QED) is 0.259. The molecule has 3 fully saturated rings. The van der Waals surface area contributed by atoms with Crippen LogP contribution in [0.15, 0.2) is 43.1 Å². The Labute approximate surface area is 282 Å². The second-order valence-corrected chi connectivity index (χ2v) is 14.4. The molecule has 0 bridgehead atoms. The van der Waals surface area contributed by atoms with Gasteiger partial charge in [-0.15, -0.1) is 0 Å². The standard InChI is InChI=1S/C36H48F2N8O2/c1-24(2)46(25(3)4)34(47)30-17-27(37)5-6-31(30)48-32-20-39-23-42-33(32)45-14-9-26(22-45)21-44-15-12-36(13-16-44)10-7-29(8-11-36)43-35-40-18-28(38)19-41-35/h5-6,17-20,23-26,29H,7-16,21-22H2,1-4H3,(H,40,41,43)/t26-/m0/s1. The van der Waals surface area contributed by atoms with Crippen LogP contribution in [0.3, 0.4) is 0 Å². The first-order valence-corrected chi connectivity index (χ1v) is 17.4. The molecule has 10 nitrogen and oxygen atoms in total. The summed E-state index contributed by atoms with van der Waals surface area (Å²) in [7, 11) is 0. The van der Waals surface area contributed by atoms with Gasteiger partial charge in [0.15, 0.2) is 17.4 Å². The van der Waals surface area contributed by atoms with Crippen LogP contribution in [0.4, 0.5) is 20.5 Å². The number of nitrogens with zero attached hydrogens (tertiary/aromatic N) is 7. The molecule has 1 amide bonds. The fraction of sp³-hybridized carbons (Fsp3) is 0.583. The van der Waals surface area contributed by atoms with Crippen LogP contribution >= 0.6 is 0 Å². The Morgan fingerprint density at radius 2 is 1.65 bits per heavy atom. The fourth-order valence-corrected chi connectivity index (χ4v) is 7.89. The summed E-state index contributed by atoms with van der Waals surface area (Å²) in [5.41, 5.74) is 0.593. The zero-order valence-electron chi connectivity index (χ0n) is 28.5. The Morgan fingerprint density at radius 3 is 2.33 bits per heavy atom. The monoisotopic (exact) mass is 662 g/mol. The van der Waals surface area contributed by atoms with Gasteiger partial charge in [0, 0.05) is 37.8 Å². The van der Waals surface area contributed by atoms with Crippen molar-refractivity contribution in [2.24, 2.45) is 11.3 Å². The molecule has 258 valence electrons. The van der Waals surface area contributed by atoms with E-state index >= 15 is 0 Å². The van der Waals surface area contributed by atoms with Gasteiger partial charge in [0.2, 0.25) is 5.95 Å². The number of amides is 1. The highest BCUT2D eigenvalue weighted by Crippen LogP contribution is 2.45. The number of carbonyl (C=O) groups excluding carboxylic acids is 1. The van der Waals surface area contributed by atoms with Crippen molar-refractivity contribution in [2.45, 2.75) is 90.8 Å². The number of likely N-dealkylation sites (tertiary alicyclic amines) is 1. The first-order valence-electron chi connectivity index (χ1n) is 17.4. The maximum Gasteiger partial charge on any atom is 0.258 e. The van der Waals surface area contributed by atoms with Gasteiger partial charge >= 0.3 is 0 Å². The summed E-state index contributed by atoms with van der Waals surface area (Å²) in [5, 5.41) is 3.39. The Balaban J connectivity index is 1.03. The second-order valence-electron chi connectivity index (χ2n) is 14.4. The minimum atomic E-state index is -0.490. The van der Waals surface area contributed by atoms with Crippen molar-refractivity contribution < 1.29 is 18.3 Å². The van der Waals surface area contributed by atoms with Crippen LogP contribution in [0.2, 0.25) is 0 Å². The lowest BCUT2D eigenvalue weighted by Gasteiger charge is -2.46. The van der Waals surface area contributed by atoms with E-state index in [0.29, 0.717) is 34.9 Å². The van der Waals surface area contributed by atoms with Crippen molar-refractivity contribution in [1.82, 2.24) is 29.7 Å². The Morgan fingerprint density at radius 1 is 0.938 bits per heavy atom. The van der Waals surface area contributed by atoms with E-state index in [0.717, 1.165) is 52.0 Å². The minimum Gasteiger partial charge on any atom is -0.451 e. The zero-order chi connectivity index (χ0) is 33.8. The Bertz CT molecular complexity index is 1530. The van der Waals surface area contributed by atoms with Crippen LogP contribution < -0.4 is 15.0 Å². The Hall–Kier alpha value is -3.93. The van der Waals surface area contributed by atoms with Crippen molar-refractivity contribution in [3.05, 3.63) is 60.3 Å². The number of hydrogen-bond donors (Lipinski definition) is 1. The molecule has 0 unspecified atom stereocenters. The molecule has 1 aliphatic carbocycles. The highest BCUT2D eigenvalue weighted by atomic mass is 19.1. The molecule has 48 heavy (non-hydrogen) atoms. The first-order chi connectivity index (χ1) is 23.1. The molecule has 4 heterocycles. The molecule has 1 N–H and O–H groups in total. The summed E-state index contributed by atoms with van der Waals surface area (Å²) < 4.78 is 33.9. The molecule has 1 saturated carbocycles. The second kappa shape index (κ2) is 14.7. The zero-order valence-corrected chi connectivity index (χ0v) is 28.5. The molecule has 2 saturated heterocycles. The van der Waals surface area contributed by atoms with E-state index < -0.39 is 11.6 Å². The van der Waals surface area contributed by atoms with Gasteiger partial charge in [-0.05, 0) is 115 Å². The van der Waals surface area contributed by atoms with Gasteiger partial charge in [-0.25, -0.2) is 28.7 Å². The van der Waals surface area contributed by atoms with Crippen molar-refractivity contribution >= 4 is 17.7 Å². The lowest BCUT2D eigenvalue weighted by atomic mass is 9.67. The van der Waals surface area contributed by atoms with Crippen LogP contribution in [0, 0.1) is 23.0 Å². The summed E-state index contributed by atoms with van der Waals surface area (Å²) in [6, 6.07) is 4.29. The molecule has 1 spiro atoms. The normalized spacial score (nSPS) is 20.1. The molecule has 6 rings (SSSR count). The van der Waals surface area contributed by atoms with Crippen molar-refractivity contribution in [3.8, 4) is 11.5 Å². The third-order valence-corrected chi connectivity index (χ3v) is 10.4. The van der Waals surface area contributed by atoms with E-state index in [-0.39, 0.29) is 29.3 Å². The van der Waals surface area contributed by atoms with Gasteiger partial charge in [-0.2, -0.15) is 0 Å². The van der Waals surface area contributed by atoms with E-state index in [1.54, 1.807) is 11.1 Å². The van der Waals surface area contributed by atoms with E-state index in [4.69, 9.17) is 4.74 Å². The first kappa shape index (κ1) is 34.0. The van der Waals surface area contributed by atoms with E-state index in [1.165, 1.54) is 62.6 Å². The number of ether oxygens (including phenoxy) is 1. The van der Waals surface area contributed by atoms with E-state index in [2.05, 4.69) is 35.1 Å². The molecular formula is C36H48F2N8O2. The summed E-state index contributed by atoms with van der Waals surface area (Å²) in [4.78, 5) is 37.1. The number of aromatic nitrogens is 4. The number of benzene rings is 1. The van der Waals surface area contributed by atoms with Gasteiger partial charge in [0.25, 0.3) is 5.91 Å². The minimum absolute atomic E-state index is 0.0573. The van der Waals surface area contributed by atoms with E-state index in [1.807, 2.05) is 27.7 Å². The molecule has 3 aliphatic rings. The molecule has 3 aromatic rings. The van der Waals surface area contributed by atoms with Crippen LogP contribution in [-0.2, 0) is 0 Å². The lowest BCUT2D eigenvalue weighted by Crippen LogP contribution is -2.45. The van der Waals surface area contributed by atoms with Crippen LogP contribution in [0.25, 0.3) is 0 Å². The number of anilines is 2. The summed E-state index contributed by atoms with van der Waals surface area (Å²) >= 11 is 0. The van der Waals surface area contributed by atoms with Crippen molar-refractivity contribution in [2.75, 3.05) is 42.9 Å². The van der Waals surface area contributed by atoms with Gasteiger partial charge in [-0.1, -0.05) is 0 Å². The number of hydrogen-bond acceptors (Lipinski definition) is 9. The van der Waals surface area contributed by atoms with Crippen LogP contribution in [0.5, 0.6) is 11.5 Å². The van der Waals surface area contributed by atoms with Gasteiger partial charge < -0.3 is 24.8 Å². The number of carbonyl (C=O) groups is 1. The third-order valence-electron chi connectivity index (χ3n) is 10.4. The molecule has 0 radical (unpaired) electrons. The highest BCUT2D eigenvalue weighted by Gasteiger charge is 2.39. The topological polar surface area (TPSA) is 99.6 Å². The predicted molar refractivity (Wildman–Crippen MR) is 181 cm³/mol. The summed E-state index contributed by atoms with van der Waals surface area (Å²) in [6.45, 7) is 12.8. The molecule has 1 atom stereocenters. The number of nitrogens with one attached hydrogen (secondary N) is 1. The third kappa shape index (κ3) is 7.85. The maximum absolute atomic E-state index is 14.4. The number of halogens is 2. The fourth-order valence-electron chi connectivity index (χ4n) is 7.89. The summed E-state index contributed by atoms with van der Waals surface area (Å²) in [5.74, 6) is 1.26. The lowest BCUT2D eigenvalue weighted by molar-refractivity contribution is 0.0583. The van der Waals surface area contributed by atoms with Crippen LogP contribution in [-0.4, -0.2) is 86.5 Å². The average molecular weight is 663 g/mol. The molecule has 2 aromatic heterocycles. The van der Waals surface area contributed by atoms with Gasteiger partial charge in [-0.3, -0.25) is 4.79 Å². The van der Waals surface area contributed by atoms with E-state index in [9.17, 15) is 13.6 Å². The smallest absolute Gasteiger partial charge is 0.258 e. The Kier molecular flexibility index (Phi) is 10.4. The van der Waals surface area contributed by atoms with Crippen LogP contribution in [0.1, 0.15) is 83.0 Å². The molecule has 1 aromatic carbocycles. The van der Waals surface area contributed by atoms with Gasteiger partial charge in [0.1, 0.15) is 17.9 Å². The maximum atomic E-state index is 14.4. The largest absolute Gasteiger partial charge is 0.451 e. The van der Waals surface area contributed by atoms with Crippen molar-refractivity contribution in [3.63, 3.8) is 0 Å². The highest BCUT2D eigenvalue weighted by molar-refractivity contribution is 5.97.